The second-order valence-electron chi connectivity index (χ2n) is 2.92. The van der Waals surface area contributed by atoms with Crippen molar-refractivity contribution in [2.45, 2.75) is 6.29 Å². The number of phenolic OH excluding ortho intramolecular Hbond substituents is 1. The summed E-state index contributed by atoms with van der Waals surface area (Å²) in [5.74, 6) is 0.219. The van der Waals surface area contributed by atoms with E-state index in [9.17, 15) is 5.11 Å². The molecular weight excluding hydrogens is 198 g/mol. The van der Waals surface area contributed by atoms with Gasteiger partial charge < -0.3 is 25.1 Å². The molecule has 84 valence electrons. The van der Waals surface area contributed by atoms with Crippen molar-refractivity contribution >= 4 is 5.69 Å². The number of methoxy groups -OCH3 is 3. The van der Waals surface area contributed by atoms with Crippen LogP contribution in [0.15, 0.2) is 12.1 Å². The molecule has 0 radical (unpaired) electrons. The Hall–Kier alpha value is -1.46. The van der Waals surface area contributed by atoms with E-state index in [-0.39, 0.29) is 11.5 Å². The summed E-state index contributed by atoms with van der Waals surface area (Å²) in [4.78, 5) is 0. The Balaban J connectivity index is 3.20. The van der Waals surface area contributed by atoms with E-state index in [0.717, 1.165) is 0 Å². The number of phenols is 1. The first kappa shape index (κ1) is 11.6. The largest absolute Gasteiger partial charge is 0.504 e. The summed E-state index contributed by atoms with van der Waals surface area (Å²) in [6.07, 6.45) is -0.570. The first-order valence-corrected chi connectivity index (χ1v) is 4.36. The van der Waals surface area contributed by atoms with Crippen LogP contribution in [0.3, 0.4) is 0 Å². The van der Waals surface area contributed by atoms with E-state index in [1.54, 1.807) is 6.07 Å². The maximum atomic E-state index is 9.46. The van der Waals surface area contributed by atoms with Crippen molar-refractivity contribution in [1.29, 1.82) is 0 Å². The molecule has 0 fully saturated rings. The fourth-order valence-corrected chi connectivity index (χ4v) is 1.37. The minimum Gasteiger partial charge on any atom is -0.504 e. The van der Waals surface area contributed by atoms with Gasteiger partial charge in [0.1, 0.15) is 0 Å². The highest BCUT2D eigenvalue weighted by atomic mass is 16.7. The van der Waals surface area contributed by atoms with Gasteiger partial charge in [-0.3, -0.25) is 0 Å². The number of rotatable bonds is 4. The maximum Gasteiger partial charge on any atom is 0.185 e. The smallest absolute Gasteiger partial charge is 0.185 e. The van der Waals surface area contributed by atoms with Crippen LogP contribution in [0.5, 0.6) is 11.5 Å². The van der Waals surface area contributed by atoms with Crippen LogP contribution in [0, 0.1) is 0 Å². The van der Waals surface area contributed by atoms with Gasteiger partial charge >= 0.3 is 0 Å². The molecule has 5 heteroatoms. The van der Waals surface area contributed by atoms with E-state index < -0.39 is 6.29 Å². The lowest BCUT2D eigenvalue weighted by Gasteiger charge is -2.17. The molecule has 1 rings (SSSR count). The Labute approximate surface area is 88.4 Å². The highest BCUT2D eigenvalue weighted by Gasteiger charge is 2.17. The van der Waals surface area contributed by atoms with Gasteiger partial charge in [0.25, 0.3) is 0 Å². The summed E-state index contributed by atoms with van der Waals surface area (Å²) in [5.41, 5.74) is 6.73. The van der Waals surface area contributed by atoms with Gasteiger partial charge in [-0.25, -0.2) is 0 Å². The molecule has 0 aromatic heterocycles. The SMILES string of the molecule is COc1c(O)ccc(C(OC)OC)c1N. The molecule has 0 saturated carbocycles. The second-order valence-corrected chi connectivity index (χ2v) is 2.92. The van der Waals surface area contributed by atoms with Crippen LogP contribution in [0.25, 0.3) is 0 Å². The number of benzene rings is 1. The lowest BCUT2D eigenvalue weighted by atomic mass is 10.1. The number of anilines is 1. The minimum atomic E-state index is -0.570. The van der Waals surface area contributed by atoms with E-state index in [4.69, 9.17) is 19.9 Å². The van der Waals surface area contributed by atoms with Crippen molar-refractivity contribution in [3.8, 4) is 11.5 Å². The monoisotopic (exact) mass is 213 g/mol. The van der Waals surface area contributed by atoms with Crippen LogP contribution in [0.4, 0.5) is 5.69 Å². The summed E-state index contributed by atoms with van der Waals surface area (Å²) in [6, 6.07) is 3.11. The van der Waals surface area contributed by atoms with Gasteiger partial charge in [0.05, 0.1) is 12.8 Å². The van der Waals surface area contributed by atoms with Gasteiger partial charge in [-0.2, -0.15) is 0 Å². The van der Waals surface area contributed by atoms with Crippen molar-refractivity contribution in [3.63, 3.8) is 0 Å². The molecule has 0 bridgehead atoms. The minimum absolute atomic E-state index is 0.00953. The third-order valence-corrected chi connectivity index (χ3v) is 2.10. The summed E-state index contributed by atoms with van der Waals surface area (Å²) in [7, 11) is 4.45. The molecule has 1 aromatic rings. The molecule has 0 heterocycles. The predicted molar refractivity (Wildman–Crippen MR) is 55.8 cm³/mol. The quantitative estimate of drug-likeness (QED) is 0.582. The Morgan fingerprint density at radius 1 is 1.20 bits per heavy atom. The van der Waals surface area contributed by atoms with Crippen molar-refractivity contribution in [1.82, 2.24) is 0 Å². The fourth-order valence-electron chi connectivity index (χ4n) is 1.37. The average Bonchev–Trinajstić information content (AvgIpc) is 2.23. The molecule has 0 aliphatic carbocycles. The number of nitrogens with two attached hydrogens (primary N) is 1. The third kappa shape index (κ3) is 2.14. The molecule has 0 amide bonds. The van der Waals surface area contributed by atoms with Crippen LogP contribution in [0.2, 0.25) is 0 Å². The van der Waals surface area contributed by atoms with Gasteiger partial charge in [0.15, 0.2) is 17.8 Å². The number of aromatic hydroxyl groups is 1. The van der Waals surface area contributed by atoms with E-state index in [1.165, 1.54) is 27.4 Å². The first-order chi connectivity index (χ1) is 7.15. The van der Waals surface area contributed by atoms with Gasteiger partial charge in [-0.1, -0.05) is 0 Å². The summed E-state index contributed by atoms with van der Waals surface area (Å²) in [5, 5.41) is 9.46. The Kier molecular flexibility index (Phi) is 3.76. The molecular formula is C10H15NO4. The van der Waals surface area contributed by atoms with Gasteiger partial charge in [-0.05, 0) is 12.1 Å². The molecule has 15 heavy (non-hydrogen) atoms. The Morgan fingerprint density at radius 3 is 2.27 bits per heavy atom. The molecule has 1 aromatic carbocycles. The second kappa shape index (κ2) is 4.86. The molecule has 3 N–H and O–H groups in total. The maximum absolute atomic E-state index is 9.46. The molecule has 5 nitrogen and oxygen atoms in total. The average molecular weight is 213 g/mol. The van der Waals surface area contributed by atoms with Crippen LogP contribution >= 0.6 is 0 Å². The number of ether oxygens (including phenoxy) is 3. The zero-order valence-electron chi connectivity index (χ0n) is 8.98. The van der Waals surface area contributed by atoms with Crippen LogP contribution in [-0.4, -0.2) is 26.4 Å². The summed E-state index contributed by atoms with van der Waals surface area (Å²) >= 11 is 0. The zero-order chi connectivity index (χ0) is 11.4. The lowest BCUT2D eigenvalue weighted by molar-refractivity contribution is -0.105. The highest BCUT2D eigenvalue weighted by Crippen LogP contribution is 2.38. The van der Waals surface area contributed by atoms with Crippen molar-refractivity contribution in [2.75, 3.05) is 27.1 Å². The topological polar surface area (TPSA) is 73.9 Å². The van der Waals surface area contributed by atoms with Gasteiger partial charge in [0.2, 0.25) is 0 Å². The molecule has 0 spiro atoms. The number of hydrogen-bond acceptors (Lipinski definition) is 5. The normalized spacial score (nSPS) is 10.7. The van der Waals surface area contributed by atoms with Gasteiger partial charge in [0, 0.05) is 19.8 Å². The van der Waals surface area contributed by atoms with Crippen molar-refractivity contribution < 1.29 is 19.3 Å². The highest BCUT2D eigenvalue weighted by molar-refractivity contribution is 5.64. The summed E-state index contributed by atoms with van der Waals surface area (Å²) in [6.45, 7) is 0. The third-order valence-electron chi connectivity index (χ3n) is 2.10. The zero-order valence-corrected chi connectivity index (χ0v) is 8.98. The van der Waals surface area contributed by atoms with Crippen LogP contribution in [-0.2, 0) is 9.47 Å². The van der Waals surface area contributed by atoms with Crippen LogP contribution in [0.1, 0.15) is 11.9 Å². The molecule has 0 unspecified atom stereocenters. The van der Waals surface area contributed by atoms with E-state index in [2.05, 4.69) is 0 Å². The van der Waals surface area contributed by atoms with E-state index in [1.807, 2.05) is 0 Å². The summed E-state index contributed by atoms with van der Waals surface area (Å²) < 4.78 is 15.1. The Bertz CT molecular complexity index is 336. The molecule has 0 atom stereocenters. The predicted octanol–water partition coefficient (Wildman–Crippen LogP) is 1.27. The van der Waals surface area contributed by atoms with E-state index in [0.29, 0.717) is 11.3 Å². The first-order valence-electron chi connectivity index (χ1n) is 4.36. The molecule has 0 saturated heterocycles. The van der Waals surface area contributed by atoms with Crippen molar-refractivity contribution in [2.24, 2.45) is 0 Å². The standard InChI is InChI=1S/C10H15NO4/c1-13-9-7(12)5-4-6(8(9)11)10(14-2)15-3/h4-5,10,12H,11H2,1-3H3. The van der Waals surface area contributed by atoms with Crippen molar-refractivity contribution in [3.05, 3.63) is 17.7 Å². The fraction of sp³-hybridized carbons (Fsp3) is 0.400. The van der Waals surface area contributed by atoms with Crippen LogP contribution < -0.4 is 10.5 Å². The number of nitrogen functional groups attached to an aromatic ring is 1. The lowest BCUT2D eigenvalue weighted by Crippen LogP contribution is -2.08. The molecule has 0 aliphatic rings. The Morgan fingerprint density at radius 2 is 1.80 bits per heavy atom. The van der Waals surface area contributed by atoms with Gasteiger partial charge in [-0.15, -0.1) is 0 Å². The van der Waals surface area contributed by atoms with E-state index >= 15 is 0 Å². The molecule has 0 aliphatic heterocycles. The number of hydrogen-bond donors (Lipinski definition) is 2.